The van der Waals surface area contributed by atoms with Crippen molar-refractivity contribution in [2.45, 2.75) is 84.0 Å². The fraction of sp³-hybridized carbons (Fsp3) is 0.714. The molecule has 5 rings (SSSR count). The summed E-state index contributed by atoms with van der Waals surface area (Å²) in [7, 11) is 0. The zero-order chi connectivity index (χ0) is 23.9. The van der Waals surface area contributed by atoms with Crippen molar-refractivity contribution >= 4 is 5.97 Å². The maximum Gasteiger partial charge on any atom is 0.337 e. The van der Waals surface area contributed by atoms with Gasteiger partial charge in [0, 0.05) is 17.5 Å². The number of carbonyl (C=O) groups is 1. The molecule has 3 aliphatic carbocycles. The van der Waals surface area contributed by atoms with Gasteiger partial charge in [-0.3, -0.25) is 4.98 Å². The normalized spacial score (nSPS) is 38.2. The third-order valence-electron chi connectivity index (χ3n) is 9.59. The number of hydrogen-bond acceptors (Lipinski definition) is 5. The molecule has 1 saturated heterocycles. The smallest absolute Gasteiger partial charge is 0.337 e. The van der Waals surface area contributed by atoms with Crippen LogP contribution in [0.15, 0.2) is 30.6 Å². The van der Waals surface area contributed by atoms with Crippen molar-refractivity contribution in [3.05, 3.63) is 36.2 Å². The lowest BCUT2D eigenvalue weighted by Gasteiger charge is -2.63. The molecule has 6 nitrogen and oxygen atoms in total. The first-order valence-electron chi connectivity index (χ1n) is 13.1. The third kappa shape index (κ3) is 4.17. The first-order chi connectivity index (χ1) is 16.3. The van der Waals surface area contributed by atoms with E-state index < -0.39 is 5.97 Å². The molecule has 0 aromatic carbocycles. The average molecular weight is 470 g/mol. The van der Waals surface area contributed by atoms with Crippen LogP contribution in [0, 0.1) is 28.6 Å². The van der Waals surface area contributed by atoms with Crippen molar-refractivity contribution in [3.63, 3.8) is 0 Å². The third-order valence-corrected chi connectivity index (χ3v) is 9.59. The number of carboxylic acids is 1. The number of nitrogens with zero attached hydrogens (tertiary/aromatic N) is 1. The second-order valence-corrected chi connectivity index (χ2v) is 11.6. The summed E-state index contributed by atoms with van der Waals surface area (Å²) >= 11 is 0. The molecule has 1 aromatic rings. The minimum absolute atomic E-state index is 0.0112. The predicted molar refractivity (Wildman–Crippen MR) is 129 cm³/mol. The van der Waals surface area contributed by atoms with E-state index in [1.165, 1.54) is 37.5 Å². The van der Waals surface area contributed by atoms with E-state index in [0.29, 0.717) is 30.1 Å². The molecule has 6 heteroatoms. The van der Waals surface area contributed by atoms with Crippen molar-refractivity contribution in [2.24, 2.45) is 28.6 Å². The van der Waals surface area contributed by atoms with Gasteiger partial charge in [-0.05, 0) is 68.3 Å². The predicted octanol–water partition coefficient (Wildman–Crippen LogP) is 5.87. The summed E-state index contributed by atoms with van der Waals surface area (Å²) in [4.78, 5) is 15.2. The monoisotopic (exact) mass is 469 g/mol. The van der Waals surface area contributed by atoms with Gasteiger partial charge < -0.3 is 19.3 Å². The van der Waals surface area contributed by atoms with E-state index in [-0.39, 0.29) is 28.8 Å². The first-order valence-corrected chi connectivity index (χ1v) is 13.1. The molecule has 0 spiro atoms. The highest BCUT2D eigenvalue weighted by molar-refractivity contribution is 5.87. The van der Waals surface area contributed by atoms with Crippen LogP contribution in [0.4, 0.5) is 0 Å². The molecule has 4 fully saturated rings. The summed E-state index contributed by atoms with van der Waals surface area (Å²) in [6.45, 7) is 10.6. The van der Waals surface area contributed by atoms with Gasteiger partial charge in [-0.15, -0.1) is 0 Å². The van der Waals surface area contributed by atoms with E-state index in [0.717, 1.165) is 38.7 Å². The Kier molecular flexibility index (Phi) is 6.49. The number of rotatable bonds is 6. The highest BCUT2D eigenvalue weighted by Crippen LogP contribution is 2.63. The summed E-state index contributed by atoms with van der Waals surface area (Å²) in [6.07, 6.45) is 13.5. The average Bonchev–Trinajstić information content (AvgIpc) is 3.35. The van der Waals surface area contributed by atoms with Gasteiger partial charge in [-0.25, -0.2) is 4.79 Å². The number of ether oxygens (including phenoxy) is 3. The molecule has 0 bridgehead atoms. The van der Waals surface area contributed by atoms with Crippen LogP contribution in [0.1, 0.15) is 82.0 Å². The number of aromatic nitrogens is 1. The van der Waals surface area contributed by atoms with Crippen molar-refractivity contribution < 1.29 is 24.1 Å². The fourth-order valence-electron chi connectivity index (χ4n) is 7.77. The van der Waals surface area contributed by atoms with Crippen molar-refractivity contribution in [2.75, 3.05) is 13.2 Å². The Bertz CT molecular complexity index is 927. The van der Waals surface area contributed by atoms with Gasteiger partial charge in [0.1, 0.15) is 5.75 Å². The quantitative estimate of drug-likeness (QED) is 0.525. The number of pyridine rings is 1. The van der Waals surface area contributed by atoms with E-state index in [1.54, 1.807) is 12.3 Å². The molecule has 34 heavy (non-hydrogen) atoms. The molecule has 1 N–H and O–H groups in total. The molecule has 2 heterocycles. The summed E-state index contributed by atoms with van der Waals surface area (Å²) < 4.78 is 19.1. The highest BCUT2D eigenvalue weighted by Gasteiger charge is 2.60. The Balaban J connectivity index is 1.27. The minimum Gasteiger partial charge on any atom is -0.492 e. The van der Waals surface area contributed by atoms with Crippen molar-refractivity contribution in [1.29, 1.82) is 0 Å². The zero-order valence-corrected chi connectivity index (χ0v) is 20.6. The maximum absolute atomic E-state index is 11.2. The molecule has 6 atom stereocenters. The van der Waals surface area contributed by atoms with Crippen LogP contribution < -0.4 is 4.74 Å². The van der Waals surface area contributed by atoms with Crippen LogP contribution >= 0.6 is 0 Å². The van der Waals surface area contributed by atoms with Crippen LogP contribution in [0.3, 0.4) is 0 Å². The summed E-state index contributed by atoms with van der Waals surface area (Å²) in [6, 6.07) is 1.54. The van der Waals surface area contributed by atoms with Crippen LogP contribution in [0.25, 0.3) is 0 Å². The maximum atomic E-state index is 11.2. The van der Waals surface area contributed by atoms with Gasteiger partial charge in [0.2, 0.25) is 0 Å². The van der Waals surface area contributed by atoms with E-state index in [9.17, 15) is 9.90 Å². The molecule has 0 amide bonds. The Morgan fingerprint density at radius 3 is 2.76 bits per heavy atom. The molecule has 0 radical (unpaired) electrons. The van der Waals surface area contributed by atoms with Crippen LogP contribution in [-0.2, 0) is 9.47 Å². The fourth-order valence-corrected chi connectivity index (χ4v) is 7.77. The Morgan fingerprint density at radius 1 is 1.21 bits per heavy atom. The van der Waals surface area contributed by atoms with Gasteiger partial charge in [0.15, 0.2) is 6.29 Å². The van der Waals surface area contributed by atoms with Crippen molar-refractivity contribution in [3.8, 4) is 5.75 Å². The molecular formula is C28H39NO5. The highest BCUT2D eigenvalue weighted by atomic mass is 16.7. The minimum atomic E-state index is -0.994. The Hall–Kier alpha value is -1.92. The van der Waals surface area contributed by atoms with Crippen LogP contribution in [-0.4, -0.2) is 41.7 Å². The van der Waals surface area contributed by atoms with Gasteiger partial charge >= 0.3 is 5.97 Å². The number of fused-ring (bicyclic) bond motifs is 3. The first kappa shape index (κ1) is 23.8. The molecule has 1 aromatic heterocycles. The number of carboxylic acid groups (broad SMARTS) is 1. The number of aromatic carboxylic acids is 1. The van der Waals surface area contributed by atoms with E-state index in [1.807, 2.05) is 0 Å². The zero-order valence-electron chi connectivity index (χ0n) is 20.6. The standard InChI is InChI=1S/C28H39NO5/c1-18-8-9-23-27(2,22(18)11-13-32-21-14-20(25(30)31)15-29-16-21)12-10-24-28(23,3)17-33-26(34-24)19-6-4-5-7-19/h14-16,19,22-24,26H,1,4-13,17H2,2-3H3,(H,30,31)/t22-,23?,24-,26-,27+,28+/m1/s1. The van der Waals surface area contributed by atoms with Gasteiger partial charge in [-0.1, -0.05) is 38.8 Å². The molecule has 3 saturated carbocycles. The second-order valence-electron chi connectivity index (χ2n) is 11.6. The van der Waals surface area contributed by atoms with Crippen LogP contribution in [0.5, 0.6) is 5.75 Å². The number of hydrogen-bond donors (Lipinski definition) is 1. The lowest BCUT2D eigenvalue weighted by molar-refractivity contribution is -0.316. The molecular weight excluding hydrogens is 430 g/mol. The summed E-state index contributed by atoms with van der Waals surface area (Å²) in [5.41, 5.74) is 1.63. The lowest BCUT2D eigenvalue weighted by atomic mass is 9.46. The largest absolute Gasteiger partial charge is 0.492 e. The molecule has 1 aliphatic heterocycles. The molecule has 1 unspecified atom stereocenters. The summed E-state index contributed by atoms with van der Waals surface area (Å²) in [5, 5.41) is 9.21. The second kappa shape index (κ2) is 9.27. The molecule has 4 aliphatic rings. The van der Waals surface area contributed by atoms with E-state index in [4.69, 9.17) is 14.2 Å². The lowest BCUT2D eigenvalue weighted by Crippen LogP contribution is -2.62. The molecule has 186 valence electrons. The van der Waals surface area contributed by atoms with Gasteiger partial charge in [-0.2, -0.15) is 0 Å². The number of allylic oxidation sites excluding steroid dienone is 1. The Labute approximate surface area is 203 Å². The van der Waals surface area contributed by atoms with Crippen LogP contribution in [0.2, 0.25) is 0 Å². The Morgan fingerprint density at radius 2 is 2.00 bits per heavy atom. The van der Waals surface area contributed by atoms with Crippen molar-refractivity contribution in [1.82, 2.24) is 4.98 Å². The van der Waals surface area contributed by atoms with E-state index in [2.05, 4.69) is 25.4 Å². The van der Waals surface area contributed by atoms with Gasteiger partial charge in [0.05, 0.1) is 31.1 Å². The summed E-state index contributed by atoms with van der Waals surface area (Å²) in [5.74, 6) is 0.975. The van der Waals surface area contributed by atoms with E-state index >= 15 is 0 Å². The topological polar surface area (TPSA) is 77.9 Å². The van der Waals surface area contributed by atoms with Gasteiger partial charge in [0.25, 0.3) is 0 Å². The SMILES string of the molecule is C=C1CCC2[C@]3(C)CO[C@@H](C4CCCC4)O[C@@H]3CC[C@@]2(C)[C@@H]1CCOc1cncc(C(=O)O)c1.